The van der Waals surface area contributed by atoms with Gasteiger partial charge in [-0.1, -0.05) is 26.2 Å². The first kappa shape index (κ1) is 16.2. The van der Waals surface area contributed by atoms with Crippen molar-refractivity contribution in [3.63, 3.8) is 0 Å². The minimum Gasteiger partial charge on any atom is -0.386 e. The van der Waals surface area contributed by atoms with Gasteiger partial charge in [0.15, 0.2) is 5.03 Å². The number of hydrogen-bond donors (Lipinski definition) is 2. The molecule has 21 heavy (non-hydrogen) atoms. The van der Waals surface area contributed by atoms with Gasteiger partial charge in [0.1, 0.15) is 0 Å². The zero-order valence-corrected chi connectivity index (χ0v) is 13.6. The molecule has 1 aromatic heterocycles. The molecule has 2 rings (SSSR count). The van der Waals surface area contributed by atoms with E-state index in [0.29, 0.717) is 18.2 Å². The minimum absolute atomic E-state index is 0.0736. The second kappa shape index (κ2) is 7.22. The molecule has 0 aliphatic heterocycles. The third kappa shape index (κ3) is 4.41. The van der Waals surface area contributed by atoms with Crippen LogP contribution in [-0.2, 0) is 10.0 Å². The fourth-order valence-corrected chi connectivity index (χ4v) is 4.27. The number of rotatable bonds is 6. The van der Waals surface area contributed by atoms with E-state index in [1.165, 1.54) is 31.9 Å². The number of sulfonamides is 1. The van der Waals surface area contributed by atoms with Gasteiger partial charge in [0, 0.05) is 19.8 Å². The maximum atomic E-state index is 12.3. The molecule has 1 saturated carbocycles. The fraction of sp³-hybridized carbons (Fsp3) is 0.667. The van der Waals surface area contributed by atoms with Crippen molar-refractivity contribution in [2.75, 3.05) is 18.9 Å². The summed E-state index contributed by atoms with van der Waals surface area (Å²) in [5.74, 6) is 1.41. The second-order valence-electron chi connectivity index (χ2n) is 5.93. The van der Waals surface area contributed by atoms with Crippen molar-refractivity contribution in [3.8, 4) is 0 Å². The zero-order chi connectivity index (χ0) is 15.3. The van der Waals surface area contributed by atoms with Crippen molar-refractivity contribution < 1.29 is 8.42 Å². The van der Waals surface area contributed by atoms with Crippen LogP contribution in [0.2, 0.25) is 0 Å². The van der Waals surface area contributed by atoms with Crippen LogP contribution in [0.4, 0.5) is 5.69 Å². The summed E-state index contributed by atoms with van der Waals surface area (Å²) in [5, 5.41) is 2.94. The first-order chi connectivity index (χ1) is 10.0. The number of anilines is 1. The van der Waals surface area contributed by atoms with Crippen LogP contribution in [0.25, 0.3) is 0 Å². The lowest BCUT2D eigenvalue weighted by molar-refractivity contribution is 0.271. The average Bonchev–Trinajstić information content (AvgIpc) is 2.47. The third-order valence-electron chi connectivity index (χ3n) is 4.18. The molecule has 6 heteroatoms. The number of hydrogen-bond acceptors (Lipinski definition) is 4. The third-order valence-corrected chi connectivity index (χ3v) is 5.60. The zero-order valence-electron chi connectivity index (χ0n) is 12.8. The van der Waals surface area contributed by atoms with Gasteiger partial charge in [-0.3, -0.25) is 0 Å². The molecular weight excluding hydrogens is 286 g/mol. The molecule has 0 saturated heterocycles. The van der Waals surface area contributed by atoms with E-state index in [4.69, 9.17) is 0 Å². The number of aromatic nitrogens is 1. The Labute approximate surface area is 127 Å². The lowest BCUT2D eigenvalue weighted by atomic mass is 9.81. The van der Waals surface area contributed by atoms with E-state index < -0.39 is 10.0 Å². The van der Waals surface area contributed by atoms with Crippen molar-refractivity contribution in [2.45, 2.75) is 44.1 Å². The molecule has 2 unspecified atom stereocenters. The first-order valence-corrected chi connectivity index (χ1v) is 9.13. The predicted octanol–water partition coefficient (Wildman–Crippen LogP) is 2.62. The largest absolute Gasteiger partial charge is 0.386 e. The van der Waals surface area contributed by atoms with Crippen LogP contribution >= 0.6 is 0 Å². The Kier molecular flexibility index (Phi) is 5.58. The van der Waals surface area contributed by atoms with Crippen molar-refractivity contribution >= 4 is 15.7 Å². The van der Waals surface area contributed by atoms with E-state index in [-0.39, 0.29) is 5.03 Å². The van der Waals surface area contributed by atoms with Gasteiger partial charge in [-0.2, -0.15) is 0 Å². The molecule has 0 radical (unpaired) electrons. The first-order valence-electron chi connectivity index (χ1n) is 7.65. The maximum absolute atomic E-state index is 12.3. The number of nitrogens with one attached hydrogen (secondary N) is 2. The van der Waals surface area contributed by atoms with Gasteiger partial charge in [0.05, 0.1) is 5.69 Å². The Morgan fingerprint density at radius 2 is 2.19 bits per heavy atom. The summed E-state index contributed by atoms with van der Waals surface area (Å²) < 4.78 is 27.3. The average molecular weight is 311 g/mol. The molecule has 0 bridgehead atoms. The molecule has 0 aromatic carbocycles. The number of pyridine rings is 1. The Balaban J connectivity index is 1.92. The molecule has 2 N–H and O–H groups in total. The van der Waals surface area contributed by atoms with Gasteiger partial charge < -0.3 is 5.32 Å². The summed E-state index contributed by atoms with van der Waals surface area (Å²) in [6, 6.07) is 3.43. The highest BCUT2D eigenvalue weighted by molar-refractivity contribution is 7.89. The number of nitrogens with zero attached hydrogens (tertiary/aromatic N) is 1. The normalized spacial score (nSPS) is 23.0. The van der Waals surface area contributed by atoms with Crippen LogP contribution in [0.15, 0.2) is 23.4 Å². The molecule has 118 valence electrons. The van der Waals surface area contributed by atoms with Crippen LogP contribution < -0.4 is 10.0 Å². The van der Waals surface area contributed by atoms with Crippen LogP contribution in [0.5, 0.6) is 0 Å². The van der Waals surface area contributed by atoms with E-state index in [9.17, 15) is 8.42 Å². The van der Waals surface area contributed by atoms with Gasteiger partial charge in [0.2, 0.25) is 0 Å². The summed E-state index contributed by atoms with van der Waals surface area (Å²) in [5.41, 5.74) is 0.524. The second-order valence-corrected chi connectivity index (χ2v) is 7.61. The van der Waals surface area contributed by atoms with Gasteiger partial charge in [0.25, 0.3) is 10.0 Å². The minimum atomic E-state index is -3.54. The van der Waals surface area contributed by atoms with Gasteiger partial charge in [-0.05, 0) is 36.8 Å². The highest BCUT2D eigenvalue weighted by atomic mass is 32.2. The monoisotopic (exact) mass is 311 g/mol. The molecule has 0 amide bonds. The van der Waals surface area contributed by atoms with Gasteiger partial charge in [-0.15, -0.1) is 0 Å². The molecule has 0 spiro atoms. The quantitative estimate of drug-likeness (QED) is 0.847. The lowest BCUT2D eigenvalue weighted by Gasteiger charge is -2.26. The standard InChI is InChI=1S/C15H25N3O2S/c1-12-5-3-6-13(11-12)8-10-18-21(19,20)15-14(16-2)7-4-9-17-15/h4,7,9,12-13,16,18H,3,5-6,8,10-11H2,1-2H3. The molecule has 1 aliphatic rings. The smallest absolute Gasteiger partial charge is 0.260 e. The molecule has 1 aromatic rings. The van der Waals surface area contributed by atoms with Crippen LogP contribution in [0, 0.1) is 11.8 Å². The van der Waals surface area contributed by atoms with Crippen LogP contribution in [0.3, 0.4) is 0 Å². The molecule has 2 atom stereocenters. The molecule has 1 fully saturated rings. The molecule has 1 heterocycles. The van der Waals surface area contributed by atoms with Gasteiger partial charge >= 0.3 is 0 Å². The van der Waals surface area contributed by atoms with Crippen LogP contribution in [0.1, 0.15) is 39.0 Å². The summed E-state index contributed by atoms with van der Waals surface area (Å²) >= 11 is 0. The van der Waals surface area contributed by atoms with E-state index in [1.54, 1.807) is 19.2 Å². The van der Waals surface area contributed by atoms with Crippen LogP contribution in [-0.4, -0.2) is 27.0 Å². The summed E-state index contributed by atoms with van der Waals surface area (Å²) in [4.78, 5) is 3.99. The lowest BCUT2D eigenvalue weighted by Crippen LogP contribution is -2.28. The fourth-order valence-electron chi connectivity index (χ4n) is 3.08. The van der Waals surface area contributed by atoms with Gasteiger partial charge in [-0.25, -0.2) is 18.1 Å². The summed E-state index contributed by atoms with van der Waals surface area (Å²) in [7, 11) is -1.85. The van der Waals surface area contributed by atoms with E-state index in [2.05, 4.69) is 21.9 Å². The van der Waals surface area contributed by atoms with Crippen molar-refractivity contribution in [3.05, 3.63) is 18.3 Å². The molecule has 5 nitrogen and oxygen atoms in total. The van der Waals surface area contributed by atoms with Crippen molar-refractivity contribution in [2.24, 2.45) is 11.8 Å². The topological polar surface area (TPSA) is 71.1 Å². The Morgan fingerprint density at radius 1 is 1.38 bits per heavy atom. The highest BCUT2D eigenvalue weighted by Crippen LogP contribution is 2.30. The van der Waals surface area contributed by atoms with E-state index >= 15 is 0 Å². The Morgan fingerprint density at radius 3 is 2.90 bits per heavy atom. The molecular formula is C15H25N3O2S. The summed E-state index contributed by atoms with van der Waals surface area (Å²) in [6.07, 6.45) is 7.42. The predicted molar refractivity (Wildman–Crippen MR) is 84.7 cm³/mol. The van der Waals surface area contributed by atoms with E-state index in [0.717, 1.165) is 12.3 Å². The Bertz CT molecular complexity index is 560. The SMILES string of the molecule is CNc1cccnc1S(=O)(=O)NCCC1CCCC(C)C1. The van der Waals surface area contributed by atoms with Crippen molar-refractivity contribution in [1.82, 2.24) is 9.71 Å². The Hall–Kier alpha value is -1.14. The maximum Gasteiger partial charge on any atom is 0.260 e. The summed E-state index contributed by atoms with van der Waals surface area (Å²) in [6.45, 7) is 2.77. The van der Waals surface area contributed by atoms with Crippen molar-refractivity contribution in [1.29, 1.82) is 0 Å². The van der Waals surface area contributed by atoms with E-state index in [1.807, 2.05) is 0 Å². The molecule has 1 aliphatic carbocycles. The highest BCUT2D eigenvalue weighted by Gasteiger charge is 2.22.